The van der Waals surface area contributed by atoms with Crippen molar-refractivity contribution in [3.8, 4) is 22.1 Å². The number of hydrogen-bond acceptors (Lipinski definition) is 6. The Balaban J connectivity index is 1.55. The van der Waals surface area contributed by atoms with Crippen molar-refractivity contribution in [2.45, 2.75) is 26.2 Å². The third-order valence-corrected chi connectivity index (χ3v) is 5.75. The first-order valence-electron chi connectivity index (χ1n) is 10.1. The summed E-state index contributed by atoms with van der Waals surface area (Å²) in [6.07, 6.45) is 1.97. The van der Waals surface area contributed by atoms with E-state index in [4.69, 9.17) is 21.1 Å². The molecule has 0 fully saturated rings. The molecule has 0 saturated heterocycles. The second-order valence-corrected chi connectivity index (χ2v) is 8.14. The average Bonchev–Trinajstić information content (AvgIpc) is 3.26. The van der Waals surface area contributed by atoms with Gasteiger partial charge >= 0.3 is 0 Å². The van der Waals surface area contributed by atoms with Crippen molar-refractivity contribution in [3.05, 3.63) is 64.1 Å². The molecule has 0 aliphatic rings. The van der Waals surface area contributed by atoms with E-state index in [0.717, 1.165) is 23.4 Å². The molecular weight excluding hydrogens is 450 g/mol. The zero-order chi connectivity index (χ0) is 22.9. The van der Waals surface area contributed by atoms with Crippen LogP contribution in [0.4, 0.5) is 0 Å². The van der Waals surface area contributed by atoms with Crippen LogP contribution >= 0.6 is 22.9 Å². The molecule has 3 aromatic rings. The second-order valence-electron chi connectivity index (χ2n) is 6.87. The fraction of sp³-hybridized carbons (Fsp3) is 0.261. The lowest BCUT2D eigenvalue weighted by Gasteiger charge is -2.12. The monoisotopic (exact) mass is 473 g/mol. The van der Waals surface area contributed by atoms with Crippen LogP contribution in [0.5, 0.6) is 11.5 Å². The summed E-state index contributed by atoms with van der Waals surface area (Å²) in [5.74, 6) is 0.168. The number of hydrogen-bond donors (Lipinski definition) is 2. The molecule has 0 atom stereocenters. The third-order valence-electron chi connectivity index (χ3n) is 4.49. The average molecular weight is 474 g/mol. The molecule has 0 radical (unpaired) electrons. The number of unbranched alkanes of at least 4 members (excludes halogenated alkanes) is 1. The van der Waals surface area contributed by atoms with Crippen LogP contribution in [0.15, 0.2) is 47.8 Å². The summed E-state index contributed by atoms with van der Waals surface area (Å²) in [5.41, 5.74) is 6.56. The number of benzene rings is 2. The van der Waals surface area contributed by atoms with E-state index in [9.17, 15) is 9.59 Å². The van der Waals surface area contributed by atoms with Crippen LogP contribution in [0.3, 0.4) is 0 Å². The van der Waals surface area contributed by atoms with Crippen LogP contribution in [-0.2, 0) is 11.2 Å². The number of carbonyl (C=O) groups is 2. The van der Waals surface area contributed by atoms with Gasteiger partial charge in [-0.25, -0.2) is 4.98 Å². The molecule has 0 bridgehead atoms. The number of nitrogens with one attached hydrogen (secondary N) is 2. The minimum absolute atomic E-state index is 0.0226. The smallest absolute Gasteiger partial charge is 0.269 e. The summed E-state index contributed by atoms with van der Waals surface area (Å²) < 4.78 is 11.0. The highest BCUT2D eigenvalue weighted by atomic mass is 35.5. The number of thiazole rings is 1. The maximum Gasteiger partial charge on any atom is 0.269 e. The maximum atomic E-state index is 12.4. The Morgan fingerprint density at radius 1 is 1.12 bits per heavy atom. The number of ether oxygens (including phenoxy) is 2. The Morgan fingerprint density at radius 3 is 2.69 bits per heavy atom. The Morgan fingerprint density at radius 2 is 1.94 bits per heavy atom. The highest BCUT2D eigenvalue weighted by molar-refractivity contribution is 7.13. The Labute approximate surface area is 195 Å². The van der Waals surface area contributed by atoms with Gasteiger partial charge in [-0.1, -0.05) is 43.1 Å². The molecule has 1 aromatic heterocycles. The van der Waals surface area contributed by atoms with Crippen LogP contribution in [0.25, 0.3) is 10.6 Å². The molecule has 0 saturated carbocycles. The maximum absolute atomic E-state index is 12.4. The van der Waals surface area contributed by atoms with Gasteiger partial charge in [-0.15, -0.1) is 11.3 Å². The molecule has 1 heterocycles. The van der Waals surface area contributed by atoms with Crippen molar-refractivity contribution < 1.29 is 19.1 Å². The lowest BCUT2D eigenvalue weighted by Crippen LogP contribution is -2.42. The van der Waals surface area contributed by atoms with E-state index in [2.05, 4.69) is 22.8 Å². The standard InChI is InChI=1S/C23H24ClN3O4S/c1-3-4-11-31-19-10-9-15(12-20(19)30-2)22(29)27-26-21(28)13-16-14-32-23(25-16)17-7-5-6-8-18(17)24/h5-10,12,14H,3-4,11,13H2,1-2H3,(H,26,28)(H,27,29). The van der Waals surface area contributed by atoms with E-state index in [1.165, 1.54) is 18.4 Å². The van der Waals surface area contributed by atoms with Gasteiger partial charge in [0.15, 0.2) is 11.5 Å². The number of nitrogens with zero attached hydrogens (tertiary/aromatic N) is 1. The van der Waals surface area contributed by atoms with Gasteiger partial charge in [0, 0.05) is 16.5 Å². The number of amides is 2. The zero-order valence-electron chi connectivity index (χ0n) is 17.8. The number of halogens is 1. The molecule has 2 N–H and O–H groups in total. The van der Waals surface area contributed by atoms with Crippen molar-refractivity contribution in [2.24, 2.45) is 0 Å². The summed E-state index contributed by atoms with van der Waals surface area (Å²) >= 11 is 7.61. The van der Waals surface area contributed by atoms with Gasteiger partial charge in [0.2, 0.25) is 5.91 Å². The zero-order valence-corrected chi connectivity index (χ0v) is 19.4. The summed E-state index contributed by atoms with van der Waals surface area (Å²) in [6.45, 7) is 2.65. The van der Waals surface area contributed by atoms with Crippen molar-refractivity contribution in [1.29, 1.82) is 0 Å². The highest BCUT2D eigenvalue weighted by Crippen LogP contribution is 2.30. The van der Waals surface area contributed by atoms with E-state index < -0.39 is 5.91 Å². The highest BCUT2D eigenvalue weighted by Gasteiger charge is 2.14. The lowest BCUT2D eigenvalue weighted by molar-refractivity contribution is -0.121. The Hall–Kier alpha value is -3.10. The largest absolute Gasteiger partial charge is 0.493 e. The molecule has 0 aliphatic heterocycles. The van der Waals surface area contributed by atoms with Crippen LogP contribution in [-0.4, -0.2) is 30.5 Å². The minimum atomic E-state index is -0.466. The fourth-order valence-corrected chi connectivity index (χ4v) is 3.95. The second kappa shape index (κ2) is 11.5. The molecule has 9 heteroatoms. The molecule has 0 unspecified atom stereocenters. The van der Waals surface area contributed by atoms with E-state index in [1.807, 2.05) is 18.2 Å². The molecule has 0 spiro atoms. The topological polar surface area (TPSA) is 89.6 Å². The predicted octanol–water partition coefficient (Wildman–Crippen LogP) is 4.65. The molecule has 2 amide bonds. The van der Waals surface area contributed by atoms with E-state index >= 15 is 0 Å². The summed E-state index contributed by atoms with van der Waals surface area (Å²) in [5, 5.41) is 3.13. The number of rotatable bonds is 9. The van der Waals surface area contributed by atoms with E-state index in [-0.39, 0.29) is 12.3 Å². The predicted molar refractivity (Wildman–Crippen MR) is 125 cm³/mol. The van der Waals surface area contributed by atoms with Crippen LogP contribution < -0.4 is 20.3 Å². The summed E-state index contributed by atoms with van der Waals surface area (Å²) in [7, 11) is 1.51. The van der Waals surface area contributed by atoms with Crippen molar-refractivity contribution >= 4 is 34.8 Å². The minimum Gasteiger partial charge on any atom is -0.493 e. The van der Waals surface area contributed by atoms with Crippen LogP contribution in [0, 0.1) is 0 Å². The molecule has 168 valence electrons. The van der Waals surface area contributed by atoms with Gasteiger partial charge in [-0.2, -0.15) is 0 Å². The first-order chi connectivity index (χ1) is 15.5. The Kier molecular flexibility index (Phi) is 8.47. The quantitative estimate of drug-likeness (QED) is 0.348. The summed E-state index contributed by atoms with van der Waals surface area (Å²) in [4.78, 5) is 29.1. The molecule has 32 heavy (non-hydrogen) atoms. The number of methoxy groups -OCH3 is 1. The number of aromatic nitrogens is 1. The molecule has 3 rings (SSSR count). The molecule has 2 aromatic carbocycles. The van der Waals surface area contributed by atoms with Crippen molar-refractivity contribution in [3.63, 3.8) is 0 Å². The number of carbonyl (C=O) groups excluding carboxylic acids is 2. The first-order valence-corrected chi connectivity index (χ1v) is 11.4. The van der Waals surface area contributed by atoms with Gasteiger partial charge in [0.1, 0.15) is 5.01 Å². The Bertz CT molecular complexity index is 1090. The SMILES string of the molecule is CCCCOc1ccc(C(=O)NNC(=O)Cc2csc(-c3ccccc3Cl)n2)cc1OC. The van der Waals surface area contributed by atoms with Crippen molar-refractivity contribution in [2.75, 3.05) is 13.7 Å². The van der Waals surface area contributed by atoms with E-state index in [0.29, 0.717) is 34.4 Å². The van der Waals surface area contributed by atoms with Gasteiger partial charge in [-0.05, 0) is 30.7 Å². The van der Waals surface area contributed by atoms with Crippen LogP contribution in [0.2, 0.25) is 5.02 Å². The van der Waals surface area contributed by atoms with Gasteiger partial charge in [0.05, 0.1) is 30.9 Å². The normalized spacial score (nSPS) is 10.5. The molecular formula is C23H24ClN3O4S. The third kappa shape index (κ3) is 6.21. The lowest BCUT2D eigenvalue weighted by atomic mass is 10.2. The van der Waals surface area contributed by atoms with Gasteiger partial charge < -0.3 is 9.47 Å². The number of hydrazine groups is 1. The fourth-order valence-electron chi connectivity index (χ4n) is 2.81. The van der Waals surface area contributed by atoms with Gasteiger partial charge in [0.25, 0.3) is 5.91 Å². The molecule has 0 aliphatic carbocycles. The summed E-state index contributed by atoms with van der Waals surface area (Å²) in [6, 6.07) is 12.2. The first kappa shape index (κ1) is 23.6. The van der Waals surface area contributed by atoms with E-state index in [1.54, 1.807) is 29.6 Å². The molecule has 7 nitrogen and oxygen atoms in total. The van der Waals surface area contributed by atoms with Gasteiger partial charge in [-0.3, -0.25) is 20.4 Å². The van der Waals surface area contributed by atoms with Crippen molar-refractivity contribution in [1.82, 2.24) is 15.8 Å². The van der Waals surface area contributed by atoms with Crippen LogP contribution in [0.1, 0.15) is 35.8 Å².